The maximum absolute atomic E-state index is 13.7. The average molecular weight is 518 g/mol. The molecular formula is C27H28ClN7O2. The van der Waals surface area contributed by atoms with Crippen molar-refractivity contribution in [2.45, 2.75) is 32.0 Å². The molecule has 1 unspecified atom stereocenters. The third-order valence-corrected chi connectivity index (χ3v) is 6.42. The Kier molecular flexibility index (Phi) is 7.92. The summed E-state index contributed by atoms with van der Waals surface area (Å²) < 4.78 is 3.15. The van der Waals surface area contributed by atoms with Crippen molar-refractivity contribution in [1.82, 2.24) is 14.1 Å². The number of amides is 1. The lowest BCUT2D eigenvalue weighted by atomic mass is 10.1. The maximum atomic E-state index is 13.7. The lowest BCUT2D eigenvalue weighted by molar-refractivity contribution is -0.116. The molecule has 1 atom stereocenters. The number of para-hydroxylation sites is 1. The van der Waals surface area contributed by atoms with Crippen LogP contribution in [0.25, 0.3) is 11.0 Å². The van der Waals surface area contributed by atoms with Gasteiger partial charge in [0.2, 0.25) is 5.91 Å². The van der Waals surface area contributed by atoms with Crippen molar-refractivity contribution in [2.75, 3.05) is 23.3 Å². The van der Waals surface area contributed by atoms with Crippen LogP contribution >= 0.6 is 12.4 Å². The molecule has 5 rings (SSSR count). The number of rotatable bonds is 6. The van der Waals surface area contributed by atoms with Crippen LogP contribution in [0.1, 0.15) is 24.0 Å². The molecule has 1 fully saturated rings. The van der Waals surface area contributed by atoms with Crippen molar-refractivity contribution >= 4 is 40.9 Å². The summed E-state index contributed by atoms with van der Waals surface area (Å²) in [6.07, 6.45) is 3.16. The van der Waals surface area contributed by atoms with Crippen molar-refractivity contribution in [1.29, 1.82) is 5.26 Å². The Morgan fingerprint density at radius 2 is 1.84 bits per heavy atom. The Labute approximate surface area is 220 Å². The molecule has 0 aliphatic carbocycles. The lowest BCUT2D eigenvalue weighted by Crippen LogP contribution is -2.44. The van der Waals surface area contributed by atoms with E-state index in [9.17, 15) is 14.9 Å². The van der Waals surface area contributed by atoms with Gasteiger partial charge in [0.15, 0.2) is 0 Å². The first kappa shape index (κ1) is 25.9. The summed E-state index contributed by atoms with van der Waals surface area (Å²) in [5.41, 5.74) is 8.52. The zero-order valence-corrected chi connectivity index (χ0v) is 21.0. The predicted octanol–water partition coefficient (Wildman–Crippen LogP) is 3.11. The number of nitriles is 1. The van der Waals surface area contributed by atoms with E-state index in [0.717, 1.165) is 24.9 Å². The summed E-state index contributed by atoms with van der Waals surface area (Å²) in [7, 11) is 0. The molecule has 1 aliphatic heterocycles. The van der Waals surface area contributed by atoms with E-state index in [4.69, 9.17) is 5.73 Å². The van der Waals surface area contributed by atoms with Crippen LogP contribution in [-0.4, -0.2) is 39.2 Å². The van der Waals surface area contributed by atoms with E-state index in [1.807, 2.05) is 53.1 Å². The van der Waals surface area contributed by atoms with Gasteiger partial charge in [-0.25, -0.2) is 4.98 Å². The summed E-state index contributed by atoms with van der Waals surface area (Å²) >= 11 is 0. The molecule has 4 aromatic rings. The number of fused-ring (bicyclic) bond motifs is 1. The summed E-state index contributed by atoms with van der Waals surface area (Å²) in [5.74, 6) is 0.316. The van der Waals surface area contributed by atoms with Crippen molar-refractivity contribution in [3.63, 3.8) is 0 Å². The second-order valence-corrected chi connectivity index (χ2v) is 9.02. The fourth-order valence-corrected chi connectivity index (χ4v) is 4.79. The van der Waals surface area contributed by atoms with E-state index >= 15 is 0 Å². The minimum absolute atomic E-state index is 0. The summed E-state index contributed by atoms with van der Waals surface area (Å²) in [5, 5.41) is 12.9. The smallest absolute Gasteiger partial charge is 0.278 e. The topological polar surface area (TPSA) is 122 Å². The Morgan fingerprint density at radius 1 is 1.14 bits per heavy atom. The number of carbonyl (C=O) groups is 1. The molecule has 3 N–H and O–H groups in total. The molecule has 10 heteroatoms. The van der Waals surface area contributed by atoms with E-state index in [2.05, 4.69) is 21.3 Å². The fraction of sp³-hybridized carbons (Fsp3) is 0.259. The number of piperidine rings is 1. The minimum atomic E-state index is -0.372. The van der Waals surface area contributed by atoms with Gasteiger partial charge < -0.3 is 20.5 Å². The molecule has 0 spiro atoms. The first-order valence-electron chi connectivity index (χ1n) is 12.0. The Balaban J connectivity index is 0.00000320. The van der Waals surface area contributed by atoms with Crippen molar-refractivity contribution in [3.8, 4) is 6.07 Å². The molecule has 0 radical (unpaired) electrons. The molecule has 0 bridgehead atoms. The van der Waals surface area contributed by atoms with Gasteiger partial charge in [0.25, 0.3) is 5.56 Å². The lowest BCUT2D eigenvalue weighted by Gasteiger charge is -2.33. The largest absolute Gasteiger partial charge is 0.355 e. The van der Waals surface area contributed by atoms with Crippen molar-refractivity contribution in [3.05, 3.63) is 88.5 Å². The van der Waals surface area contributed by atoms with Gasteiger partial charge in [0.1, 0.15) is 35.0 Å². The highest BCUT2D eigenvalue weighted by Gasteiger charge is 2.28. The molecule has 9 nitrogen and oxygen atoms in total. The number of halogens is 1. The van der Waals surface area contributed by atoms with Gasteiger partial charge in [-0.15, -0.1) is 12.4 Å². The number of nitrogens with zero attached hydrogens (tertiary/aromatic N) is 5. The molecule has 2 aromatic heterocycles. The predicted molar refractivity (Wildman–Crippen MR) is 146 cm³/mol. The summed E-state index contributed by atoms with van der Waals surface area (Å²) in [6, 6.07) is 21.1. The van der Waals surface area contributed by atoms with Gasteiger partial charge >= 0.3 is 0 Å². The molecule has 2 aromatic carbocycles. The Bertz CT molecular complexity index is 1490. The zero-order chi connectivity index (χ0) is 25.1. The van der Waals surface area contributed by atoms with Gasteiger partial charge in [-0.1, -0.05) is 48.5 Å². The Hall–Kier alpha value is -4.13. The van der Waals surface area contributed by atoms with Gasteiger partial charge in [-0.3, -0.25) is 14.2 Å². The van der Waals surface area contributed by atoms with Crippen LogP contribution in [0.2, 0.25) is 0 Å². The van der Waals surface area contributed by atoms with E-state index in [1.54, 1.807) is 12.1 Å². The van der Waals surface area contributed by atoms with Crippen LogP contribution in [0.4, 0.5) is 11.5 Å². The second-order valence-electron chi connectivity index (χ2n) is 9.02. The van der Waals surface area contributed by atoms with Gasteiger partial charge in [0.05, 0.1) is 6.33 Å². The first-order valence-corrected chi connectivity index (χ1v) is 12.0. The third kappa shape index (κ3) is 5.35. The van der Waals surface area contributed by atoms with Crippen LogP contribution in [0.15, 0.2) is 71.8 Å². The number of carbonyl (C=O) groups excluding carboxylic acids is 1. The van der Waals surface area contributed by atoms with Gasteiger partial charge in [0, 0.05) is 31.4 Å². The summed E-state index contributed by atoms with van der Waals surface area (Å²) in [4.78, 5) is 33.0. The SMILES string of the molecule is Cl.N#Cc1c(N2CCCC(N)C2)n(Cc2ccccc2)c2c(=O)n(CC(=O)Nc3ccccc3)cnc12. The first-order chi connectivity index (χ1) is 17.5. The monoisotopic (exact) mass is 517 g/mol. The summed E-state index contributed by atoms with van der Waals surface area (Å²) in [6.45, 7) is 1.52. The highest BCUT2D eigenvalue weighted by molar-refractivity contribution is 5.92. The molecular weight excluding hydrogens is 490 g/mol. The van der Waals surface area contributed by atoms with Gasteiger partial charge in [-0.05, 0) is 30.5 Å². The number of hydrogen-bond donors (Lipinski definition) is 2. The normalized spacial score (nSPS) is 15.1. The molecule has 190 valence electrons. The van der Waals surface area contributed by atoms with E-state index in [-0.39, 0.29) is 36.5 Å². The quantitative estimate of drug-likeness (QED) is 0.405. The van der Waals surface area contributed by atoms with E-state index in [1.165, 1.54) is 10.9 Å². The third-order valence-electron chi connectivity index (χ3n) is 6.42. The maximum Gasteiger partial charge on any atom is 0.278 e. The van der Waals surface area contributed by atoms with Crippen LogP contribution in [0.3, 0.4) is 0 Å². The van der Waals surface area contributed by atoms with Gasteiger partial charge in [-0.2, -0.15) is 5.26 Å². The molecule has 1 saturated heterocycles. The molecule has 1 amide bonds. The standard InChI is InChI=1S/C27H27N7O2.ClH/c28-14-22-24-25(27(36)33(18-30-24)17-23(35)31-21-11-5-2-6-12-21)34(15-19-8-3-1-4-9-19)26(22)32-13-7-10-20(29)16-32;/h1-6,8-9,11-12,18,20H,7,10,13,15-17,29H2,(H,31,35);1H. The number of anilines is 2. The average Bonchev–Trinajstić information content (AvgIpc) is 3.20. The van der Waals surface area contributed by atoms with Crippen LogP contribution in [0, 0.1) is 11.3 Å². The highest BCUT2D eigenvalue weighted by atomic mass is 35.5. The molecule has 0 saturated carbocycles. The van der Waals surface area contributed by atoms with E-state index in [0.29, 0.717) is 41.2 Å². The van der Waals surface area contributed by atoms with Crippen molar-refractivity contribution in [2.24, 2.45) is 5.73 Å². The molecule has 37 heavy (non-hydrogen) atoms. The fourth-order valence-electron chi connectivity index (χ4n) is 4.79. The highest BCUT2D eigenvalue weighted by Crippen LogP contribution is 2.32. The number of nitrogens with one attached hydrogen (secondary N) is 1. The number of hydrogen-bond acceptors (Lipinski definition) is 6. The van der Waals surface area contributed by atoms with E-state index < -0.39 is 0 Å². The number of nitrogens with two attached hydrogens (primary N) is 1. The van der Waals surface area contributed by atoms with Crippen LogP contribution < -0.4 is 21.5 Å². The van der Waals surface area contributed by atoms with Crippen LogP contribution in [0.5, 0.6) is 0 Å². The number of benzene rings is 2. The van der Waals surface area contributed by atoms with Crippen LogP contribution in [-0.2, 0) is 17.9 Å². The minimum Gasteiger partial charge on any atom is -0.355 e. The zero-order valence-electron chi connectivity index (χ0n) is 20.2. The van der Waals surface area contributed by atoms with Crippen molar-refractivity contribution < 1.29 is 4.79 Å². The molecule has 3 heterocycles. The second kappa shape index (κ2) is 11.3. The Morgan fingerprint density at radius 3 is 2.51 bits per heavy atom. The molecule has 1 aliphatic rings. The number of aromatic nitrogens is 3.